The van der Waals surface area contributed by atoms with Crippen molar-refractivity contribution in [2.75, 3.05) is 6.61 Å². The Morgan fingerprint density at radius 3 is 2.75 bits per heavy atom. The van der Waals surface area contributed by atoms with Gasteiger partial charge in [0.15, 0.2) is 16.9 Å². The zero-order valence-corrected chi connectivity index (χ0v) is 12.5. The maximum absolute atomic E-state index is 12.2. The van der Waals surface area contributed by atoms with Gasteiger partial charge in [-0.1, -0.05) is 12.1 Å². The number of benzene rings is 2. The highest BCUT2D eigenvalue weighted by Crippen LogP contribution is 2.36. The summed E-state index contributed by atoms with van der Waals surface area (Å²) in [5, 5.41) is 0.531. The summed E-state index contributed by atoms with van der Waals surface area (Å²) in [6, 6.07) is 13.6. The minimum atomic E-state index is -0.804. The van der Waals surface area contributed by atoms with E-state index < -0.39 is 12.0 Å². The largest absolute Gasteiger partial charge is 0.485 e. The van der Waals surface area contributed by atoms with E-state index in [2.05, 4.69) is 0 Å². The molecule has 1 aromatic heterocycles. The Hall–Kier alpha value is -3.28. The molecule has 1 aliphatic heterocycles. The van der Waals surface area contributed by atoms with Crippen LogP contribution >= 0.6 is 0 Å². The van der Waals surface area contributed by atoms with Gasteiger partial charge in [-0.3, -0.25) is 9.59 Å². The Kier molecular flexibility index (Phi) is 3.23. The average Bonchev–Trinajstić information content (AvgIpc) is 2.60. The Labute approximate surface area is 136 Å². The van der Waals surface area contributed by atoms with Crippen LogP contribution in [-0.2, 0) is 4.79 Å². The molecule has 2 N–H and O–H groups in total. The van der Waals surface area contributed by atoms with E-state index in [0.717, 1.165) is 0 Å². The van der Waals surface area contributed by atoms with Crippen LogP contribution in [-0.4, -0.2) is 18.6 Å². The first-order chi connectivity index (χ1) is 11.6. The van der Waals surface area contributed by atoms with Gasteiger partial charge in [-0.05, 0) is 30.3 Å². The third-order valence-electron chi connectivity index (χ3n) is 3.84. The van der Waals surface area contributed by atoms with Crippen LogP contribution in [0.1, 0.15) is 0 Å². The average molecular weight is 323 g/mol. The summed E-state index contributed by atoms with van der Waals surface area (Å²) in [7, 11) is 0. The lowest BCUT2D eigenvalue weighted by Gasteiger charge is -2.24. The van der Waals surface area contributed by atoms with Gasteiger partial charge in [-0.15, -0.1) is 0 Å². The molecule has 120 valence electrons. The van der Waals surface area contributed by atoms with E-state index in [1.165, 1.54) is 6.07 Å². The smallest absolute Gasteiger partial charge is 0.262 e. The van der Waals surface area contributed by atoms with Crippen LogP contribution in [0.4, 0.5) is 0 Å². The van der Waals surface area contributed by atoms with Crippen molar-refractivity contribution in [2.45, 2.75) is 6.10 Å². The predicted molar refractivity (Wildman–Crippen MR) is 87.0 cm³/mol. The van der Waals surface area contributed by atoms with Gasteiger partial charge < -0.3 is 19.6 Å². The van der Waals surface area contributed by atoms with Crippen molar-refractivity contribution in [2.24, 2.45) is 5.73 Å². The fourth-order valence-corrected chi connectivity index (χ4v) is 2.61. The van der Waals surface area contributed by atoms with E-state index >= 15 is 0 Å². The standard InChI is InChI=1S/C18H13NO5/c19-18(21)17-9-22-16-7-10(5-6-14(16)24-17)15-8-12(20)11-3-1-2-4-13(11)23-15/h1-8,17H,9H2,(H2,19,21). The fourth-order valence-electron chi connectivity index (χ4n) is 2.61. The van der Waals surface area contributed by atoms with Gasteiger partial charge in [0.1, 0.15) is 18.0 Å². The van der Waals surface area contributed by atoms with E-state index in [9.17, 15) is 9.59 Å². The first-order valence-corrected chi connectivity index (χ1v) is 7.38. The number of nitrogens with two attached hydrogens (primary N) is 1. The second-order valence-electron chi connectivity index (χ2n) is 5.45. The number of carbonyl (C=O) groups excluding carboxylic acids is 1. The summed E-state index contributed by atoms with van der Waals surface area (Å²) in [5.74, 6) is 0.755. The molecular weight excluding hydrogens is 310 g/mol. The monoisotopic (exact) mass is 323 g/mol. The number of hydrogen-bond acceptors (Lipinski definition) is 5. The summed E-state index contributed by atoms with van der Waals surface area (Å²) in [6.45, 7) is 0.0491. The SMILES string of the molecule is NC(=O)C1COc2cc(-c3cc(=O)c4ccccc4o3)ccc2O1. The number of carbonyl (C=O) groups is 1. The van der Waals surface area contributed by atoms with Crippen molar-refractivity contribution in [1.29, 1.82) is 0 Å². The fraction of sp³-hybridized carbons (Fsp3) is 0.111. The number of hydrogen-bond donors (Lipinski definition) is 1. The van der Waals surface area contributed by atoms with E-state index in [1.807, 2.05) is 6.07 Å². The zero-order valence-electron chi connectivity index (χ0n) is 12.5. The molecular formula is C18H13NO5. The Balaban J connectivity index is 1.76. The Morgan fingerprint density at radius 1 is 1.08 bits per heavy atom. The number of para-hydroxylation sites is 1. The van der Waals surface area contributed by atoms with Crippen molar-refractivity contribution in [3.05, 3.63) is 58.8 Å². The topological polar surface area (TPSA) is 91.8 Å². The van der Waals surface area contributed by atoms with Crippen molar-refractivity contribution in [1.82, 2.24) is 0 Å². The molecule has 0 aliphatic carbocycles. The van der Waals surface area contributed by atoms with Crippen molar-refractivity contribution >= 4 is 16.9 Å². The molecule has 6 nitrogen and oxygen atoms in total. The highest BCUT2D eigenvalue weighted by atomic mass is 16.6. The molecule has 0 radical (unpaired) electrons. The molecule has 0 bridgehead atoms. The minimum Gasteiger partial charge on any atom is -0.485 e. The molecule has 3 aromatic rings. The van der Waals surface area contributed by atoms with E-state index in [1.54, 1.807) is 36.4 Å². The molecule has 0 spiro atoms. The quantitative estimate of drug-likeness (QED) is 0.779. The minimum absolute atomic E-state index is 0.0491. The van der Waals surface area contributed by atoms with Gasteiger partial charge in [0.25, 0.3) is 5.91 Å². The van der Waals surface area contributed by atoms with Gasteiger partial charge in [-0.25, -0.2) is 0 Å². The van der Waals surface area contributed by atoms with Crippen LogP contribution in [0.15, 0.2) is 57.7 Å². The third-order valence-corrected chi connectivity index (χ3v) is 3.84. The van der Waals surface area contributed by atoms with Crippen LogP contribution in [0, 0.1) is 0 Å². The number of amides is 1. The molecule has 1 atom stereocenters. The normalized spacial score (nSPS) is 16.1. The van der Waals surface area contributed by atoms with Crippen LogP contribution in [0.2, 0.25) is 0 Å². The lowest BCUT2D eigenvalue weighted by Crippen LogP contribution is -2.40. The molecule has 24 heavy (non-hydrogen) atoms. The van der Waals surface area contributed by atoms with Crippen molar-refractivity contribution in [3.63, 3.8) is 0 Å². The zero-order chi connectivity index (χ0) is 16.7. The summed E-state index contributed by atoms with van der Waals surface area (Å²) in [6.07, 6.45) is -0.804. The first-order valence-electron chi connectivity index (χ1n) is 7.38. The summed E-state index contributed by atoms with van der Waals surface area (Å²) in [5.41, 5.74) is 6.30. The summed E-state index contributed by atoms with van der Waals surface area (Å²) < 4.78 is 16.8. The number of ether oxygens (including phenoxy) is 2. The van der Waals surface area contributed by atoms with Gasteiger partial charge in [0, 0.05) is 11.6 Å². The van der Waals surface area contributed by atoms with E-state index in [0.29, 0.717) is 33.8 Å². The second-order valence-corrected chi connectivity index (χ2v) is 5.45. The van der Waals surface area contributed by atoms with Gasteiger partial charge in [-0.2, -0.15) is 0 Å². The van der Waals surface area contributed by atoms with Gasteiger partial charge in [0.2, 0.25) is 6.10 Å². The summed E-state index contributed by atoms with van der Waals surface area (Å²) in [4.78, 5) is 23.4. The van der Waals surface area contributed by atoms with Gasteiger partial charge >= 0.3 is 0 Å². The molecule has 6 heteroatoms. The van der Waals surface area contributed by atoms with E-state index in [4.69, 9.17) is 19.6 Å². The first kappa shape index (κ1) is 14.3. The molecule has 0 saturated carbocycles. The van der Waals surface area contributed by atoms with E-state index in [-0.39, 0.29) is 12.0 Å². The lowest BCUT2D eigenvalue weighted by atomic mass is 10.1. The third kappa shape index (κ3) is 2.38. The molecule has 0 saturated heterocycles. The predicted octanol–water partition coefficient (Wildman–Crippen LogP) is 2.09. The molecule has 1 amide bonds. The number of fused-ring (bicyclic) bond motifs is 2. The number of rotatable bonds is 2. The molecule has 2 heterocycles. The molecule has 2 aromatic carbocycles. The van der Waals surface area contributed by atoms with Crippen LogP contribution in [0.5, 0.6) is 11.5 Å². The van der Waals surface area contributed by atoms with Crippen LogP contribution < -0.4 is 20.6 Å². The molecule has 0 fully saturated rings. The maximum Gasteiger partial charge on any atom is 0.262 e. The Bertz CT molecular complexity index is 1010. The molecule has 4 rings (SSSR count). The molecule has 1 unspecified atom stereocenters. The summed E-state index contributed by atoms with van der Waals surface area (Å²) >= 11 is 0. The molecule has 1 aliphatic rings. The lowest BCUT2D eigenvalue weighted by molar-refractivity contribution is -0.127. The second kappa shape index (κ2) is 5.42. The van der Waals surface area contributed by atoms with Crippen LogP contribution in [0.25, 0.3) is 22.3 Å². The highest BCUT2D eigenvalue weighted by Gasteiger charge is 2.25. The maximum atomic E-state index is 12.2. The highest BCUT2D eigenvalue weighted by molar-refractivity contribution is 5.80. The van der Waals surface area contributed by atoms with Crippen molar-refractivity contribution in [3.8, 4) is 22.8 Å². The Morgan fingerprint density at radius 2 is 1.92 bits per heavy atom. The van der Waals surface area contributed by atoms with Crippen molar-refractivity contribution < 1.29 is 18.7 Å². The number of primary amides is 1. The van der Waals surface area contributed by atoms with Crippen LogP contribution in [0.3, 0.4) is 0 Å². The van der Waals surface area contributed by atoms with Gasteiger partial charge in [0.05, 0.1) is 5.39 Å².